The van der Waals surface area contributed by atoms with E-state index in [4.69, 9.17) is 23.3 Å². The second-order valence-corrected chi connectivity index (χ2v) is 12.6. The summed E-state index contributed by atoms with van der Waals surface area (Å²) in [5, 5.41) is 12.6. The lowest BCUT2D eigenvalue weighted by Crippen LogP contribution is -2.35. The van der Waals surface area contributed by atoms with E-state index in [0.717, 1.165) is 22.3 Å². The highest BCUT2D eigenvalue weighted by atomic mass is 19.3. The number of nitrogens with one attached hydrogen (secondary N) is 1. The molecule has 0 unspecified atom stereocenters. The number of aromatic nitrogens is 2. The topological polar surface area (TPSA) is 123 Å². The molecule has 1 saturated heterocycles. The van der Waals surface area contributed by atoms with Crippen molar-refractivity contribution in [3.05, 3.63) is 82.9 Å². The Balaban J connectivity index is 1.24. The predicted molar refractivity (Wildman–Crippen MR) is 184 cm³/mol. The summed E-state index contributed by atoms with van der Waals surface area (Å²) in [7, 11) is 1.70. The van der Waals surface area contributed by atoms with E-state index in [-0.39, 0.29) is 29.5 Å². The number of likely N-dealkylation sites (tertiary alicyclic amines) is 1. The summed E-state index contributed by atoms with van der Waals surface area (Å²) in [5.41, 5.74) is 7.16. The van der Waals surface area contributed by atoms with Crippen molar-refractivity contribution in [2.75, 3.05) is 13.6 Å². The summed E-state index contributed by atoms with van der Waals surface area (Å²) < 4.78 is 74.9. The zero-order valence-corrected chi connectivity index (χ0v) is 28.4. The summed E-state index contributed by atoms with van der Waals surface area (Å²) in [4.78, 5) is 22.9. The smallest absolute Gasteiger partial charge is 0.387 e. The fraction of sp³-hybridized carbons (Fsp3) is 0.289. The molecule has 0 amide bonds. The molecule has 3 heterocycles. The quantitative estimate of drug-likeness (QED) is 0.119. The molecule has 52 heavy (non-hydrogen) atoms. The van der Waals surface area contributed by atoms with Crippen LogP contribution in [0.4, 0.5) is 17.6 Å². The van der Waals surface area contributed by atoms with E-state index in [9.17, 15) is 27.5 Å². The minimum absolute atomic E-state index is 0.00377. The minimum Gasteiger partial charge on any atom is -0.480 e. The Morgan fingerprint density at radius 1 is 0.846 bits per heavy atom. The molecule has 2 aromatic heterocycles. The van der Waals surface area contributed by atoms with Gasteiger partial charge in [0.1, 0.15) is 28.6 Å². The lowest BCUT2D eigenvalue weighted by molar-refractivity contribution is -0.142. The average molecular weight is 719 g/mol. The lowest BCUT2D eigenvalue weighted by Gasteiger charge is -2.22. The van der Waals surface area contributed by atoms with Crippen molar-refractivity contribution in [3.8, 4) is 45.5 Å². The van der Waals surface area contributed by atoms with Crippen molar-refractivity contribution in [2.24, 2.45) is 0 Å². The fourth-order valence-electron chi connectivity index (χ4n) is 6.92. The van der Waals surface area contributed by atoms with Crippen LogP contribution in [0, 0.1) is 13.8 Å². The van der Waals surface area contributed by atoms with E-state index in [2.05, 4.69) is 10.3 Å². The van der Waals surface area contributed by atoms with Gasteiger partial charge in [-0.25, -0.2) is 9.97 Å². The lowest BCUT2D eigenvalue weighted by atomic mass is 9.91. The zero-order chi connectivity index (χ0) is 36.7. The third kappa shape index (κ3) is 6.78. The number of hydrogen-bond donors (Lipinski definition) is 2. The Bertz CT molecular complexity index is 2290. The van der Waals surface area contributed by atoms with Gasteiger partial charge in [-0.3, -0.25) is 9.69 Å². The second-order valence-electron chi connectivity index (χ2n) is 12.6. The summed E-state index contributed by atoms with van der Waals surface area (Å²) in [6, 6.07) is 16.7. The molecular weight excluding hydrogens is 684 g/mol. The van der Waals surface area contributed by atoms with Crippen molar-refractivity contribution >= 4 is 28.2 Å². The normalized spacial score (nSPS) is 15.1. The molecule has 1 aliphatic heterocycles. The van der Waals surface area contributed by atoms with Crippen LogP contribution in [0.5, 0.6) is 11.5 Å². The molecule has 7 rings (SSSR count). The van der Waals surface area contributed by atoms with Crippen LogP contribution in [-0.2, 0) is 17.9 Å². The standard InChI is InChI=1S/C38H34F4N4O6/c1-19-23(7-4-9-25(19)34-44-27-13-21(17-43-3)30(51-37(39)40)15-32(27)49-34)24-8-5-10-26(20(24)2)35-45-28-14-22(18-46-12-6-11-29(46)36(47)48)31(52-38(41)42)16-33(28)50-35/h4-5,7-10,13-16,29,37-38,43H,6,11-12,17-18H2,1-3H3,(H,47,48)/t29-/m0/s1. The first kappa shape index (κ1) is 35.0. The highest BCUT2D eigenvalue weighted by Gasteiger charge is 2.31. The van der Waals surface area contributed by atoms with Gasteiger partial charge in [-0.05, 0) is 86.8 Å². The molecule has 0 bridgehead atoms. The largest absolute Gasteiger partial charge is 0.480 e. The Labute approximate surface area is 295 Å². The number of benzene rings is 4. The van der Waals surface area contributed by atoms with Crippen LogP contribution in [0.25, 0.3) is 56.2 Å². The van der Waals surface area contributed by atoms with Crippen LogP contribution >= 0.6 is 0 Å². The van der Waals surface area contributed by atoms with E-state index in [1.54, 1.807) is 24.1 Å². The van der Waals surface area contributed by atoms with Gasteiger partial charge < -0.3 is 28.7 Å². The maximum atomic E-state index is 13.5. The highest BCUT2D eigenvalue weighted by molar-refractivity contribution is 5.85. The van der Waals surface area contributed by atoms with E-state index in [1.165, 1.54) is 12.1 Å². The molecule has 1 atom stereocenters. The monoisotopic (exact) mass is 718 g/mol. The number of carboxylic acids is 1. The maximum Gasteiger partial charge on any atom is 0.387 e. The number of aliphatic carboxylic acids is 1. The van der Waals surface area contributed by atoms with Gasteiger partial charge in [0.25, 0.3) is 0 Å². The molecule has 4 aromatic carbocycles. The zero-order valence-electron chi connectivity index (χ0n) is 28.4. The van der Waals surface area contributed by atoms with Gasteiger partial charge in [0.2, 0.25) is 11.8 Å². The molecule has 2 N–H and O–H groups in total. The number of oxazole rings is 2. The van der Waals surface area contributed by atoms with Crippen molar-refractivity contribution < 1.29 is 45.8 Å². The maximum absolute atomic E-state index is 13.5. The van der Waals surface area contributed by atoms with Gasteiger partial charge in [0, 0.05) is 47.5 Å². The van der Waals surface area contributed by atoms with Crippen molar-refractivity contribution in [1.29, 1.82) is 0 Å². The molecule has 6 aromatic rings. The van der Waals surface area contributed by atoms with Crippen LogP contribution in [0.15, 0.2) is 69.5 Å². The predicted octanol–water partition coefficient (Wildman–Crippen LogP) is 8.56. The summed E-state index contributed by atoms with van der Waals surface area (Å²) in [6.07, 6.45) is 1.16. The van der Waals surface area contributed by atoms with Crippen LogP contribution in [-0.4, -0.2) is 58.8 Å². The van der Waals surface area contributed by atoms with Gasteiger partial charge in [-0.1, -0.05) is 24.3 Å². The molecule has 10 nitrogen and oxygen atoms in total. The third-order valence-corrected chi connectivity index (χ3v) is 9.38. The van der Waals surface area contributed by atoms with Gasteiger partial charge in [0.05, 0.1) is 0 Å². The van der Waals surface area contributed by atoms with Crippen molar-refractivity contribution in [2.45, 2.75) is 59.0 Å². The van der Waals surface area contributed by atoms with Crippen molar-refractivity contribution in [3.63, 3.8) is 0 Å². The molecular formula is C38H34F4N4O6. The number of fused-ring (bicyclic) bond motifs is 2. The Hall–Kier alpha value is -5.47. The van der Waals surface area contributed by atoms with Crippen molar-refractivity contribution in [1.82, 2.24) is 20.2 Å². The van der Waals surface area contributed by atoms with Gasteiger partial charge in [-0.15, -0.1) is 0 Å². The van der Waals surface area contributed by atoms with Crippen LogP contribution < -0.4 is 14.8 Å². The van der Waals surface area contributed by atoms with E-state index >= 15 is 0 Å². The molecule has 270 valence electrons. The molecule has 1 fully saturated rings. The summed E-state index contributed by atoms with van der Waals surface area (Å²) in [6.45, 7) is -1.32. The number of halogens is 4. The van der Waals surface area contributed by atoms with Crippen LogP contribution in [0.2, 0.25) is 0 Å². The number of alkyl halides is 4. The Morgan fingerprint density at radius 2 is 1.35 bits per heavy atom. The number of carbonyl (C=O) groups is 1. The number of hydrogen-bond acceptors (Lipinski definition) is 9. The molecule has 0 aliphatic carbocycles. The summed E-state index contributed by atoms with van der Waals surface area (Å²) >= 11 is 0. The number of ether oxygens (including phenoxy) is 2. The van der Waals surface area contributed by atoms with Crippen LogP contribution in [0.1, 0.15) is 35.1 Å². The summed E-state index contributed by atoms with van der Waals surface area (Å²) in [5.74, 6) is -0.476. The van der Waals surface area contributed by atoms with Gasteiger partial charge in [-0.2, -0.15) is 17.6 Å². The third-order valence-electron chi connectivity index (χ3n) is 9.38. The molecule has 14 heteroatoms. The molecule has 1 aliphatic rings. The van der Waals surface area contributed by atoms with Crippen LogP contribution in [0.3, 0.4) is 0 Å². The molecule has 0 saturated carbocycles. The van der Waals surface area contributed by atoms with E-state index in [1.807, 2.05) is 50.2 Å². The van der Waals surface area contributed by atoms with Gasteiger partial charge in [0.15, 0.2) is 11.2 Å². The number of carboxylic acid groups (broad SMARTS) is 1. The highest BCUT2D eigenvalue weighted by Crippen LogP contribution is 2.39. The first-order valence-corrected chi connectivity index (χ1v) is 16.6. The molecule has 0 radical (unpaired) electrons. The second kappa shape index (κ2) is 14.3. The Morgan fingerprint density at radius 3 is 1.85 bits per heavy atom. The molecule has 0 spiro atoms. The van der Waals surface area contributed by atoms with E-state index in [0.29, 0.717) is 70.7 Å². The SMILES string of the molecule is CNCc1cc2nc(-c3cccc(-c4cccc(-c5nc6cc(CN7CCC[C@H]7C(=O)O)c(OC(F)F)cc6o5)c4C)c3C)oc2cc1OC(F)F. The number of rotatable bonds is 12. The fourth-order valence-corrected chi connectivity index (χ4v) is 6.92. The average Bonchev–Trinajstić information content (AvgIpc) is 3.83. The minimum atomic E-state index is -3.09. The first-order valence-electron chi connectivity index (χ1n) is 16.6. The Kier molecular flexibility index (Phi) is 9.60. The number of nitrogens with zero attached hydrogens (tertiary/aromatic N) is 3. The van der Waals surface area contributed by atoms with E-state index < -0.39 is 25.2 Å². The van der Waals surface area contributed by atoms with Gasteiger partial charge >= 0.3 is 19.2 Å². The first-order chi connectivity index (χ1) is 25.0.